The van der Waals surface area contributed by atoms with E-state index in [2.05, 4.69) is 45.7 Å². The van der Waals surface area contributed by atoms with Crippen molar-refractivity contribution in [2.45, 2.75) is 32.6 Å². The number of rotatable bonds is 6. The maximum absolute atomic E-state index is 13.1. The first-order chi connectivity index (χ1) is 16.5. The van der Waals surface area contributed by atoms with Crippen molar-refractivity contribution in [3.8, 4) is 0 Å². The van der Waals surface area contributed by atoms with Gasteiger partial charge in [-0.1, -0.05) is 18.2 Å². The zero-order valence-electron chi connectivity index (χ0n) is 20.5. The Balaban J connectivity index is 1.55. The third-order valence-electron chi connectivity index (χ3n) is 6.57. The van der Waals surface area contributed by atoms with Crippen LogP contribution in [0.3, 0.4) is 0 Å². The molecule has 184 valence electrons. The molecule has 0 aromatic heterocycles. The van der Waals surface area contributed by atoms with Crippen molar-refractivity contribution < 1.29 is 18.3 Å². The Kier molecular flexibility index (Phi) is 6.76. The Morgan fingerprint density at radius 1 is 0.800 bits per heavy atom. The molecule has 1 heterocycles. The summed E-state index contributed by atoms with van der Waals surface area (Å²) < 4.78 is 28.7. The lowest BCUT2D eigenvalue weighted by Crippen LogP contribution is -2.46. The molecule has 1 aliphatic heterocycles. The number of piperazine rings is 1. The van der Waals surface area contributed by atoms with Gasteiger partial charge in [0.05, 0.1) is 16.1 Å². The van der Waals surface area contributed by atoms with Crippen LogP contribution in [0.15, 0.2) is 59.5 Å². The summed E-state index contributed by atoms with van der Waals surface area (Å²) in [5, 5.41) is 9.85. The maximum Gasteiger partial charge on any atom is 0.337 e. The molecule has 1 saturated heterocycles. The third kappa shape index (κ3) is 5.27. The highest BCUT2D eigenvalue weighted by atomic mass is 32.2. The fraction of sp³-hybridized carbons (Fsp3) is 0.296. The number of carbonyl (C=O) groups is 1. The molecule has 2 N–H and O–H groups in total. The second-order valence-corrected chi connectivity index (χ2v) is 10.8. The Morgan fingerprint density at radius 3 is 2.00 bits per heavy atom. The number of anilines is 3. The topological polar surface area (TPSA) is 90.0 Å². The first kappa shape index (κ1) is 24.6. The Hall–Kier alpha value is -3.52. The Labute approximate surface area is 207 Å². The molecule has 0 atom stereocenters. The summed E-state index contributed by atoms with van der Waals surface area (Å²) in [4.78, 5) is 16.6. The van der Waals surface area contributed by atoms with E-state index in [-0.39, 0.29) is 16.1 Å². The minimum absolute atomic E-state index is 0.0530. The number of hydrogen-bond acceptors (Lipinski definition) is 5. The molecule has 0 bridgehead atoms. The molecule has 8 heteroatoms. The summed E-state index contributed by atoms with van der Waals surface area (Å²) >= 11 is 0. The van der Waals surface area contributed by atoms with Crippen LogP contribution < -0.4 is 14.5 Å². The van der Waals surface area contributed by atoms with Crippen molar-refractivity contribution in [3.05, 3.63) is 82.4 Å². The summed E-state index contributed by atoms with van der Waals surface area (Å²) in [5.41, 5.74) is 5.60. The van der Waals surface area contributed by atoms with Gasteiger partial charge < -0.3 is 14.9 Å². The molecule has 0 spiro atoms. The van der Waals surface area contributed by atoms with Crippen LogP contribution in [0.4, 0.5) is 17.1 Å². The molecule has 0 radical (unpaired) electrons. The number of carboxylic acid groups (broad SMARTS) is 1. The fourth-order valence-corrected chi connectivity index (χ4v) is 5.86. The fourth-order valence-electron chi connectivity index (χ4n) is 4.47. The van der Waals surface area contributed by atoms with Crippen LogP contribution in [-0.2, 0) is 10.0 Å². The van der Waals surface area contributed by atoms with Crippen molar-refractivity contribution in [1.82, 2.24) is 0 Å². The molecule has 4 rings (SSSR count). The average Bonchev–Trinajstić information content (AvgIpc) is 2.81. The SMILES string of the molecule is Cc1cccc(N2CCN(c3ccc(NS(=O)(=O)c4cc(C)c(C)cc4C)c(C(=O)O)c3)CC2)c1. The molecular formula is C27H31N3O4S. The first-order valence-corrected chi connectivity index (χ1v) is 13.1. The molecule has 0 saturated carbocycles. The standard InChI is InChI=1S/C27H31N3O4S/c1-18-6-5-7-22(14-18)29-10-12-30(13-11-29)23-8-9-25(24(17-23)27(31)32)28-35(33,34)26-16-20(3)19(2)15-21(26)4/h5-9,14-17,28H,10-13H2,1-4H3,(H,31,32). The highest BCUT2D eigenvalue weighted by Crippen LogP contribution is 2.29. The summed E-state index contributed by atoms with van der Waals surface area (Å²) in [6.45, 7) is 10.7. The van der Waals surface area contributed by atoms with Crippen LogP contribution >= 0.6 is 0 Å². The van der Waals surface area contributed by atoms with Crippen LogP contribution in [0.1, 0.15) is 32.6 Å². The quantitative estimate of drug-likeness (QED) is 0.515. The number of aromatic carboxylic acids is 1. The van der Waals surface area contributed by atoms with Gasteiger partial charge in [0.25, 0.3) is 10.0 Å². The van der Waals surface area contributed by atoms with Crippen LogP contribution in [-0.4, -0.2) is 45.7 Å². The molecule has 35 heavy (non-hydrogen) atoms. The molecule has 0 amide bonds. The number of nitrogens with zero attached hydrogens (tertiary/aromatic N) is 2. The number of carboxylic acids is 1. The van der Waals surface area contributed by atoms with Gasteiger partial charge in [0.15, 0.2) is 0 Å². The van der Waals surface area contributed by atoms with Gasteiger partial charge in [-0.15, -0.1) is 0 Å². The van der Waals surface area contributed by atoms with Gasteiger partial charge in [-0.2, -0.15) is 0 Å². The molecule has 1 fully saturated rings. The van der Waals surface area contributed by atoms with Crippen molar-refractivity contribution >= 4 is 33.1 Å². The van der Waals surface area contributed by atoms with Gasteiger partial charge >= 0.3 is 5.97 Å². The van der Waals surface area contributed by atoms with E-state index in [0.29, 0.717) is 5.56 Å². The summed E-state index contributed by atoms with van der Waals surface area (Å²) in [7, 11) is -3.95. The van der Waals surface area contributed by atoms with Gasteiger partial charge in [-0.3, -0.25) is 4.72 Å². The van der Waals surface area contributed by atoms with Crippen molar-refractivity contribution in [2.24, 2.45) is 0 Å². The summed E-state index contributed by atoms with van der Waals surface area (Å²) in [6, 6.07) is 16.7. The predicted molar refractivity (Wildman–Crippen MR) is 140 cm³/mol. The van der Waals surface area contributed by atoms with Gasteiger partial charge in [0.1, 0.15) is 0 Å². The average molecular weight is 494 g/mol. The molecule has 0 unspecified atom stereocenters. The largest absolute Gasteiger partial charge is 0.478 e. The number of nitrogens with one attached hydrogen (secondary N) is 1. The highest BCUT2D eigenvalue weighted by Gasteiger charge is 2.23. The lowest BCUT2D eigenvalue weighted by atomic mass is 10.1. The lowest BCUT2D eigenvalue weighted by Gasteiger charge is -2.37. The normalized spacial score (nSPS) is 14.2. The van der Waals surface area contributed by atoms with E-state index in [4.69, 9.17) is 0 Å². The van der Waals surface area contributed by atoms with Crippen LogP contribution in [0.2, 0.25) is 0 Å². The van der Waals surface area contributed by atoms with E-state index >= 15 is 0 Å². The van der Waals surface area contributed by atoms with Crippen molar-refractivity contribution in [3.63, 3.8) is 0 Å². The molecular weight excluding hydrogens is 462 g/mol. The van der Waals surface area contributed by atoms with Crippen molar-refractivity contribution in [2.75, 3.05) is 40.7 Å². The van der Waals surface area contributed by atoms with Gasteiger partial charge in [0.2, 0.25) is 0 Å². The van der Waals surface area contributed by atoms with E-state index in [1.807, 2.05) is 19.9 Å². The van der Waals surface area contributed by atoms with Crippen LogP contribution in [0, 0.1) is 27.7 Å². The summed E-state index contributed by atoms with van der Waals surface area (Å²) in [5.74, 6) is -1.18. The van der Waals surface area contributed by atoms with E-state index in [9.17, 15) is 18.3 Å². The van der Waals surface area contributed by atoms with Crippen LogP contribution in [0.25, 0.3) is 0 Å². The maximum atomic E-state index is 13.1. The smallest absolute Gasteiger partial charge is 0.337 e. The van der Waals surface area contributed by atoms with E-state index < -0.39 is 16.0 Å². The monoisotopic (exact) mass is 493 g/mol. The molecule has 3 aromatic rings. The van der Waals surface area contributed by atoms with E-state index in [1.165, 1.54) is 11.3 Å². The number of benzene rings is 3. The third-order valence-corrected chi connectivity index (χ3v) is 8.08. The molecule has 0 aliphatic carbocycles. The summed E-state index contributed by atoms with van der Waals surface area (Å²) in [6.07, 6.45) is 0. The molecule has 1 aliphatic rings. The molecule has 7 nitrogen and oxygen atoms in total. The highest BCUT2D eigenvalue weighted by molar-refractivity contribution is 7.92. The van der Waals surface area contributed by atoms with Crippen LogP contribution in [0.5, 0.6) is 0 Å². The van der Waals surface area contributed by atoms with Gasteiger partial charge in [0, 0.05) is 37.6 Å². The minimum Gasteiger partial charge on any atom is -0.478 e. The zero-order valence-corrected chi connectivity index (χ0v) is 21.3. The number of aryl methyl sites for hydroxylation is 4. The van der Waals surface area contributed by atoms with E-state index in [0.717, 1.165) is 43.0 Å². The zero-order chi connectivity index (χ0) is 25.3. The van der Waals surface area contributed by atoms with E-state index in [1.54, 1.807) is 31.2 Å². The van der Waals surface area contributed by atoms with Crippen molar-refractivity contribution in [1.29, 1.82) is 0 Å². The Morgan fingerprint density at radius 2 is 1.40 bits per heavy atom. The van der Waals surface area contributed by atoms with Gasteiger partial charge in [-0.25, -0.2) is 13.2 Å². The first-order valence-electron chi connectivity index (χ1n) is 11.6. The number of hydrogen-bond donors (Lipinski definition) is 2. The lowest BCUT2D eigenvalue weighted by molar-refractivity contribution is 0.0698. The second kappa shape index (κ2) is 9.62. The predicted octanol–water partition coefficient (Wildman–Crippen LogP) is 4.75. The minimum atomic E-state index is -3.95. The number of sulfonamides is 1. The second-order valence-electron chi connectivity index (χ2n) is 9.16. The Bertz CT molecular complexity index is 1380. The molecule has 3 aromatic carbocycles. The van der Waals surface area contributed by atoms with Gasteiger partial charge in [-0.05, 0) is 86.3 Å².